The van der Waals surface area contributed by atoms with Crippen LogP contribution in [0.5, 0.6) is 0 Å². The molecule has 0 radical (unpaired) electrons. The van der Waals surface area contributed by atoms with Gasteiger partial charge in [-0.05, 0) is 5.56 Å². The molecule has 0 aliphatic rings. The van der Waals surface area contributed by atoms with Gasteiger partial charge >= 0.3 is 29.6 Å². The largest absolute Gasteiger partial charge is 1.00 e. The van der Waals surface area contributed by atoms with E-state index in [1.807, 2.05) is 0 Å². The van der Waals surface area contributed by atoms with Crippen LogP contribution in [0.1, 0.15) is 11.0 Å². The monoisotopic (exact) mass is 210 g/mol. The SMILES string of the molecule is O=S(=O)([O-])C(O)c1ccccc1.[Na+]. The molecule has 0 aromatic heterocycles. The minimum atomic E-state index is -4.65. The fourth-order valence-electron chi connectivity index (χ4n) is 0.784. The second-order valence-corrected chi connectivity index (χ2v) is 3.69. The first kappa shape index (κ1) is 13.1. The van der Waals surface area contributed by atoms with Crippen LogP contribution >= 0.6 is 0 Å². The van der Waals surface area contributed by atoms with Gasteiger partial charge < -0.3 is 9.66 Å². The van der Waals surface area contributed by atoms with Gasteiger partial charge in [0.2, 0.25) is 0 Å². The Kier molecular flexibility index (Phi) is 5.13. The minimum Gasteiger partial charge on any atom is -0.746 e. The molecule has 13 heavy (non-hydrogen) atoms. The van der Waals surface area contributed by atoms with Gasteiger partial charge in [-0.3, -0.25) is 0 Å². The summed E-state index contributed by atoms with van der Waals surface area (Å²) < 4.78 is 31.0. The summed E-state index contributed by atoms with van der Waals surface area (Å²) in [5.74, 6) is 0. The van der Waals surface area contributed by atoms with E-state index in [0.29, 0.717) is 0 Å². The van der Waals surface area contributed by atoms with Crippen LogP contribution < -0.4 is 29.6 Å². The smallest absolute Gasteiger partial charge is 0.746 e. The summed E-state index contributed by atoms with van der Waals surface area (Å²) >= 11 is 0. The predicted molar refractivity (Wildman–Crippen MR) is 41.1 cm³/mol. The summed E-state index contributed by atoms with van der Waals surface area (Å²) in [5.41, 5.74) is -1.87. The normalized spacial score (nSPS) is 13.1. The zero-order valence-electron chi connectivity index (χ0n) is 7.04. The van der Waals surface area contributed by atoms with Crippen molar-refractivity contribution in [1.82, 2.24) is 0 Å². The van der Waals surface area contributed by atoms with E-state index in [9.17, 15) is 13.0 Å². The molecule has 4 nitrogen and oxygen atoms in total. The molecule has 0 amide bonds. The number of hydrogen-bond donors (Lipinski definition) is 1. The number of rotatable bonds is 2. The van der Waals surface area contributed by atoms with Gasteiger partial charge in [-0.15, -0.1) is 0 Å². The van der Waals surface area contributed by atoms with Crippen LogP contribution in [0.15, 0.2) is 30.3 Å². The number of aliphatic hydroxyl groups excluding tert-OH is 1. The van der Waals surface area contributed by atoms with Crippen LogP contribution in [-0.2, 0) is 10.1 Å². The molecule has 1 unspecified atom stereocenters. The summed E-state index contributed by atoms with van der Waals surface area (Å²) in [6.45, 7) is 0. The predicted octanol–water partition coefficient (Wildman–Crippen LogP) is -2.77. The number of benzene rings is 1. The van der Waals surface area contributed by atoms with Gasteiger partial charge in [0.15, 0.2) is 5.44 Å². The Bertz CT molecular complexity index is 348. The van der Waals surface area contributed by atoms with Gasteiger partial charge in [-0.2, -0.15) is 0 Å². The maximum absolute atomic E-state index is 10.3. The van der Waals surface area contributed by atoms with Gasteiger partial charge in [0.05, 0.1) is 0 Å². The van der Waals surface area contributed by atoms with Crippen molar-refractivity contribution < 1.29 is 47.6 Å². The molecule has 1 N–H and O–H groups in total. The molecule has 1 aromatic rings. The Labute approximate surface area is 98.6 Å². The fourth-order valence-corrected chi connectivity index (χ4v) is 1.27. The minimum absolute atomic E-state index is 0. The van der Waals surface area contributed by atoms with E-state index in [1.54, 1.807) is 18.2 Å². The molecular weight excluding hydrogens is 203 g/mol. The van der Waals surface area contributed by atoms with E-state index in [-0.39, 0.29) is 35.1 Å². The van der Waals surface area contributed by atoms with Crippen molar-refractivity contribution in [2.75, 3.05) is 0 Å². The summed E-state index contributed by atoms with van der Waals surface area (Å²) in [7, 11) is -4.65. The molecule has 66 valence electrons. The van der Waals surface area contributed by atoms with Crippen LogP contribution in [0.25, 0.3) is 0 Å². The quantitative estimate of drug-likeness (QED) is 0.423. The van der Waals surface area contributed by atoms with Crippen molar-refractivity contribution in [3.63, 3.8) is 0 Å². The first-order valence-electron chi connectivity index (χ1n) is 3.19. The van der Waals surface area contributed by atoms with Crippen LogP contribution in [0.2, 0.25) is 0 Å². The molecule has 0 heterocycles. The van der Waals surface area contributed by atoms with Crippen molar-refractivity contribution in [2.24, 2.45) is 0 Å². The van der Waals surface area contributed by atoms with Gasteiger partial charge in [0.25, 0.3) is 0 Å². The molecule has 0 bridgehead atoms. The van der Waals surface area contributed by atoms with Crippen LogP contribution in [-0.4, -0.2) is 18.1 Å². The van der Waals surface area contributed by atoms with Gasteiger partial charge in [-0.1, -0.05) is 30.3 Å². The average Bonchev–Trinajstić information content (AvgIpc) is 2.03. The molecule has 0 spiro atoms. The van der Waals surface area contributed by atoms with E-state index < -0.39 is 15.6 Å². The average molecular weight is 210 g/mol. The first-order chi connectivity index (χ1) is 5.52. The molecule has 0 saturated heterocycles. The van der Waals surface area contributed by atoms with E-state index in [4.69, 9.17) is 5.11 Å². The standard InChI is InChI=1S/C7H8O4S.Na/c8-7(12(9,10)11)6-4-2-1-3-5-6;/h1-5,7-8H,(H,9,10,11);/q;+1/p-1. The molecule has 6 heteroatoms. The zero-order chi connectivity index (χ0) is 9.19. The van der Waals surface area contributed by atoms with Crippen molar-refractivity contribution in [2.45, 2.75) is 5.44 Å². The molecule has 0 aliphatic carbocycles. The molecule has 0 saturated carbocycles. The maximum Gasteiger partial charge on any atom is 1.00 e. The third-order valence-corrected chi connectivity index (χ3v) is 2.18. The van der Waals surface area contributed by atoms with Gasteiger partial charge in [0, 0.05) is 0 Å². The molecule has 1 rings (SSSR count). The Morgan fingerprint density at radius 1 is 1.23 bits per heavy atom. The van der Waals surface area contributed by atoms with Gasteiger partial charge in [-0.25, -0.2) is 8.42 Å². The summed E-state index contributed by atoms with van der Waals surface area (Å²) in [4.78, 5) is 0. The van der Waals surface area contributed by atoms with Crippen LogP contribution in [0, 0.1) is 0 Å². The Balaban J connectivity index is 0.00000144. The van der Waals surface area contributed by atoms with E-state index >= 15 is 0 Å². The maximum atomic E-state index is 10.3. The molecule has 0 aliphatic heterocycles. The molecule has 1 atom stereocenters. The third kappa shape index (κ3) is 3.76. The first-order valence-corrected chi connectivity index (χ1v) is 4.66. The molecular formula is C7H7NaO4S. The second-order valence-electron chi connectivity index (χ2n) is 2.26. The number of aliphatic hydroxyl groups is 1. The second kappa shape index (κ2) is 5.09. The summed E-state index contributed by atoms with van der Waals surface area (Å²) in [6, 6.07) is 7.50. The van der Waals surface area contributed by atoms with Crippen molar-refractivity contribution >= 4 is 10.1 Å². The number of hydrogen-bond acceptors (Lipinski definition) is 4. The Hall–Kier alpha value is 0.0900. The van der Waals surface area contributed by atoms with E-state index in [0.717, 1.165) is 0 Å². The van der Waals surface area contributed by atoms with Crippen molar-refractivity contribution in [1.29, 1.82) is 0 Å². The molecule has 1 aromatic carbocycles. The Morgan fingerprint density at radius 3 is 2.08 bits per heavy atom. The topological polar surface area (TPSA) is 77.4 Å². The zero-order valence-corrected chi connectivity index (χ0v) is 9.86. The Morgan fingerprint density at radius 2 is 1.69 bits per heavy atom. The van der Waals surface area contributed by atoms with Crippen LogP contribution in [0.4, 0.5) is 0 Å². The van der Waals surface area contributed by atoms with Crippen LogP contribution in [0.3, 0.4) is 0 Å². The van der Waals surface area contributed by atoms with E-state index in [1.165, 1.54) is 12.1 Å². The summed E-state index contributed by atoms with van der Waals surface area (Å²) in [5, 5.41) is 8.96. The third-order valence-electron chi connectivity index (χ3n) is 1.36. The van der Waals surface area contributed by atoms with Gasteiger partial charge in [0.1, 0.15) is 10.1 Å². The fraction of sp³-hybridized carbons (Fsp3) is 0.143. The van der Waals surface area contributed by atoms with E-state index in [2.05, 4.69) is 0 Å². The summed E-state index contributed by atoms with van der Waals surface area (Å²) in [6.07, 6.45) is 0. The van der Waals surface area contributed by atoms with Crippen molar-refractivity contribution in [3.8, 4) is 0 Å². The molecule has 0 fully saturated rings. The van der Waals surface area contributed by atoms with Crippen molar-refractivity contribution in [3.05, 3.63) is 35.9 Å².